The molecule has 0 amide bonds. The number of benzene rings is 2. The van der Waals surface area contributed by atoms with Gasteiger partial charge >= 0.3 is 0 Å². The van der Waals surface area contributed by atoms with E-state index in [0.717, 1.165) is 41.2 Å². The van der Waals surface area contributed by atoms with Crippen LogP contribution in [0.1, 0.15) is 21.6 Å². The lowest BCUT2D eigenvalue weighted by molar-refractivity contribution is 0.728. The second kappa shape index (κ2) is 7.53. The van der Waals surface area contributed by atoms with Crippen molar-refractivity contribution in [2.24, 2.45) is 0 Å². The minimum absolute atomic E-state index is 0.892. The fourth-order valence-electron chi connectivity index (χ4n) is 3.65. The van der Waals surface area contributed by atoms with Crippen molar-refractivity contribution in [3.8, 4) is 5.69 Å². The monoisotopic (exact) mass is 450 g/mol. The topological polar surface area (TPSA) is 34.0 Å². The predicted octanol–water partition coefficient (Wildman–Crippen LogP) is 5.24. The van der Waals surface area contributed by atoms with Crippen LogP contribution in [0.25, 0.3) is 5.69 Å². The lowest BCUT2D eigenvalue weighted by atomic mass is 10.0. The molecule has 0 bridgehead atoms. The van der Waals surface area contributed by atoms with E-state index in [1.807, 2.05) is 23.1 Å². The first kappa shape index (κ1) is 17.6. The molecule has 0 saturated heterocycles. The molecular weight excluding hydrogens is 432 g/mol. The van der Waals surface area contributed by atoms with Gasteiger partial charge < -0.3 is 4.90 Å². The van der Waals surface area contributed by atoms with Gasteiger partial charge in [0.05, 0.1) is 5.69 Å². The highest BCUT2D eigenvalue weighted by Crippen LogP contribution is 2.30. The Kier molecular flexibility index (Phi) is 4.74. The molecule has 0 N–H and O–H groups in total. The van der Waals surface area contributed by atoms with Gasteiger partial charge in [-0.3, -0.25) is 0 Å². The van der Waals surface area contributed by atoms with Gasteiger partial charge in [0.25, 0.3) is 0 Å². The van der Waals surface area contributed by atoms with Crippen LogP contribution in [0.5, 0.6) is 0 Å². The molecular formula is C22H19BrN4S. The van der Waals surface area contributed by atoms with Crippen molar-refractivity contribution in [1.29, 1.82) is 0 Å². The summed E-state index contributed by atoms with van der Waals surface area (Å²) in [7, 11) is 0. The van der Waals surface area contributed by atoms with E-state index in [-0.39, 0.29) is 0 Å². The van der Waals surface area contributed by atoms with Crippen LogP contribution in [-0.2, 0) is 19.4 Å². The molecule has 6 heteroatoms. The molecule has 0 spiro atoms. The van der Waals surface area contributed by atoms with Gasteiger partial charge in [-0.05, 0) is 53.4 Å². The van der Waals surface area contributed by atoms with E-state index in [2.05, 4.69) is 68.4 Å². The van der Waals surface area contributed by atoms with E-state index in [1.54, 1.807) is 17.5 Å². The van der Waals surface area contributed by atoms with Gasteiger partial charge in [0, 0.05) is 47.5 Å². The quantitative estimate of drug-likeness (QED) is 0.425. The zero-order chi connectivity index (χ0) is 18.9. The summed E-state index contributed by atoms with van der Waals surface area (Å²) < 4.78 is 3.04. The standard InChI is InChI=1S/C22H19BrN4S/c23-19-6-5-17-7-10-26(15-18(17)13-19)22-24-14-21(28-22)12-16-3-1-4-20(11-16)27-9-2-8-25-27/h1-6,8-9,11,13-14H,7,10,12,15H2. The normalized spacial score (nSPS) is 13.5. The highest BCUT2D eigenvalue weighted by molar-refractivity contribution is 9.10. The maximum atomic E-state index is 4.72. The predicted molar refractivity (Wildman–Crippen MR) is 117 cm³/mol. The van der Waals surface area contributed by atoms with E-state index >= 15 is 0 Å². The van der Waals surface area contributed by atoms with E-state index < -0.39 is 0 Å². The summed E-state index contributed by atoms with van der Waals surface area (Å²) in [5, 5.41) is 5.44. The third-order valence-corrected chi connectivity index (χ3v) is 6.60. The van der Waals surface area contributed by atoms with E-state index in [0.29, 0.717) is 0 Å². The SMILES string of the molecule is Brc1ccc2c(c1)CN(c1ncc(Cc3cccc(-n4cccn4)c3)s1)CC2. The third kappa shape index (κ3) is 3.62. The van der Waals surface area contributed by atoms with Crippen molar-refractivity contribution in [3.05, 3.63) is 93.2 Å². The summed E-state index contributed by atoms with van der Waals surface area (Å²) in [5.41, 5.74) is 5.21. The fraction of sp³-hybridized carbons (Fsp3) is 0.182. The number of fused-ring (bicyclic) bond motifs is 1. The Morgan fingerprint density at radius 3 is 2.93 bits per heavy atom. The summed E-state index contributed by atoms with van der Waals surface area (Å²) in [4.78, 5) is 8.40. The Balaban J connectivity index is 1.33. The lowest BCUT2D eigenvalue weighted by Gasteiger charge is -2.28. The first-order valence-electron chi connectivity index (χ1n) is 9.30. The number of hydrogen-bond acceptors (Lipinski definition) is 4. The Labute approximate surface area is 176 Å². The summed E-state index contributed by atoms with van der Waals surface area (Å²) in [5.74, 6) is 0. The molecule has 0 aliphatic carbocycles. The molecule has 4 aromatic rings. The number of nitrogens with zero attached hydrogens (tertiary/aromatic N) is 4. The number of halogens is 1. The van der Waals surface area contributed by atoms with Crippen molar-refractivity contribution in [2.75, 3.05) is 11.4 Å². The number of thiazole rings is 1. The molecule has 5 rings (SSSR count). The van der Waals surface area contributed by atoms with Gasteiger partial charge in [0.2, 0.25) is 0 Å². The second-order valence-electron chi connectivity index (χ2n) is 6.99. The average Bonchev–Trinajstić information content (AvgIpc) is 3.40. The Morgan fingerprint density at radius 2 is 2.04 bits per heavy atom. The molecule has 4 nitrogen and oxygen atoms in total. The summed E-state index contributed by atoms with van der Waals surface area (Å²) in [6.45, 7) is 1.95. The van der Waals surface area contributed by atoms with E-state index in [1.165, 1.54) is 21.6 Å². The van der Waals surface area contributed by atoms with Crippen LogP contribution >= 0.6 is 27.3 Å². The summed E-state index contributed by atoms with van der Waals surface area (Å²) >= 11 is 5.39. The van der Waals surface area contributed by atoms with Crippen LogP contribution in [0.15, 0.2) is 71.6 Å². The molecule has 3 heterocycles. The van der Waals surface area contributed by atoms with Crippen LogP contribution in [0, 0.1) is 0 Å². The van der Waals surface area contributed by atoms with Crippen molar-refractivity contribution in [3.63, 3.8) is 0 Å². The van der Waals surface area contributed by atoms with Gasteiger partial charge in [0.15, 0.2) is 5.13 Å². The molecule has 0 saturated carbocycles. The van der Waals surface area contributed by atoms with Crippen molar-refractivity contribution in [2.45, 2.75) is 19.4 Å². The number of aromatic nitrogens is 3. The van der Waals surface area contributed by atoms with Gasteiger partial charge in [-0.1, -0.05) is 34.1 Å². The zero-order valence-corrected chi connectivity index (χ0v) is 17.7. The molecule has 1 aliphatic rings. The molecule has 0 atom stereocenters. The molecule has 2 aromatic heterocycles. The number of hydrogen-bond donors (Lipinski definition) is 0. The highest BCUT2D eigenvalue weighted by Gasteiger charge is 2.19. The van der Waals surface area contributed by atoms with Crippen molar-refractivity contribution < 1.29 is 0 Å². The second-order valence-corrected chi connectivity index (χ2v) is 9.00. The maximum absolute atomic E-state index is 4.72. The Hall–Kier alpha value is -2.44. The van der Waals surface area contributed by atoms with Crippen molar-refractivity contribution >= 4 is 32.4 Å². The average molecular weight is 451 g/mol. The van der Waals surface area contributed by atoms with Gasteiger partial charge in [-0.15, -0.1) is 11.3 Å². The highest BCUT2D eigenvalue weighted by atomic mass is 79.9. The maximum Gasteiger partial charge on any atom is 0.185 e. The molecule has 2 aromatic carbocycles. The van der Waals surface area contributed by atoms with E-state index in [9.17, 15) is 0 Å². The molecule has 1 aliphatic heterocycles. The number of rotatable bonds is 4. The summed E-state index contributed by atoms with van der Waals surface area (Å²) in [6, 6.07) is 17.1. The third-order valence-electron chi connectivity index (χ3n) is 5.05. The molecule has 140 valence electrons. The van der Waals surface area contributed by atoms with Gasteiger partial charge in [-0.2, -0.15) is 5.10 Å². The van der Waals surface area contributed by atoms with Gasteiger partial charge in [-0.25, -0.2) is 9.67 Å². The largest absolute Gasteiger partial charge is 0.343 e. The molecule has 0 unspecified atom stereocenters. The molecule has 28 heavy (non-hydrogen) atoms. The Bertz CT molecular complexity index is 1100. The Morgan fingerprint density at radius 1 is 1.07 bits per heavy atom. The van der Waals surface area contributed by atoms with Crippen LogP contribution in [0.4, 0.5) is 5.13 Å². The minimum Gasteiger partial charge on any atom is -0.343 e. The first-order chi connectivity index (χ1) is 13.7. The smallest absolute Gasteiger partial charge is 0.185 e. The first-order valence-corrected chi connectivity index (χ1v) is 10.9. The zero-order valence-electron chi connectivity index (χ0n) is 15.3. The van der Waals surface area contributed by atoms with Crippen molar-refractivity contribution in [1.82, 2.24) is 14.8 Å². The van der Waals surface area contributed by atoms with Crippen LogP contribution in [-0.4, -0.2) is 21.3 Å². The van der Waals surface area contributed by atoms with Crippen LogP contribution in [0.3, 0.4) is 0 Å². The molecule has 0 radical (unpaired) electrons. The number of anilines is 1. The van der Waals surface area contributed by atoms with Crippen LogP contribution < -0.4 is 4.90 Å². The molecule has 0 fully saturated rings. The van der Waals surface area contributed by atoms with Crippen LogP contribution in [0.2, 0.25) is 0 Å². The summed E-state index contributed by atoms with van der Waals surface area (Å²) in [6.07, 6.45) is 7.76. The minimum atomic E-state index is 0.892. The van der Waals surface area contributed by atoms with E-state index in [4.69, 9.17) is 4.98 Å². The lowest BCUT2D eigenvalue weighted by Crippen LogP contribution is -2.30. The fourth-order valence-corrected chi connectivity index (χ4v) is 5.02. The van der Waals surface area contributed by atoms with Gasteiger partial charge in [0.1, 0.15) is 0 Å².